The highest BCUT2D eigenvalue weighted by molar-refractivity contribution is 5.94. The zero-order chi connectivity index (χ0) is 17.4. The molecule has 4 rings (SSSR count). The third-order valence-electron chi connectivity index (χ3n) is 5.17. The van der Waals surface area contributed by atoms with Crippen LogP contribution in [-0.4, -0.2) is 32.5 Å². The molecule has 1 saturated heterocycles. The molecule has 0 radical (unpaired) electrons. The van der Waals surface area contributed by atoms with Crippen molar-refractivity contribution in [2.24, 2.45) is 0 Å². The van der Waals surface area contributed by atoms with Gasteiger partial charge in [0.05, 0.1) is 6.04 Å². The second-order valence-corrected chi connectivity index (χ2v) is 6.78. The zero-order valence-corrected chi connectivity index (χ0v) is 14.4. The van der Waals surface area contributed by atoms with E-state index in [4.69, 9.17) is 4.52 Å². The van der Waals surface area contributed by atoms with Crippen molar-refractivity contribution in [2.45, 2.75) is 57.9 Å². The molecule has 0 saturated carbocycles. The molecule has 1 aliphatic carbocycles. The van der Waals surface area contributed by atoms with E-state index in [1.54, 1.807) is 11.0 Å². The van der Waals surface area contributed by atoms with Crippen LogP contribution in [0.15, 0.2) is 15.4 Å². The lowest BCUT2D eigenvalue weighted by atomic mass is 9.95. The molecule has 3 heterocycles. The molecule has 1 atom stereocenters. The van der Waals surface area contributed by atoms with Crippen LogP contribution in [0.1, 0.15) is 72.0 Å². The summed E-state index contributed by atoms with van der Waals surface area (Å²) in [6.07, 6.45) is 6.31. The average molecular weight is 342 g/mol. The number of nitrogens with zero attached hydrogens (tertiary/aromatic N) is 3. The van der Waals surface area contributed by atoms with Gasteiger partial charge >= 0.3 is 0 Å². The van der Waals surface area contributed by atoms with Crippen LogP contribution in [0, 0.1) is 0 Å². The number of carbonyl (C=O) groups is 1. The van der Waals surface area contributed by atoms with Crippen molar-refractivity contribution in [1.29, 1.82) is 0 Å². The van der Waals surface area contributed by atoms with Crippen LogP contribution in [0.4, 0.5) is 0 Å². The smallest absolute Gasteiger partial charge is 0.261 e. The Morgan fingerprint density at radius 2 is 2.20 bits per heavy atom. The number of hydrogen-bond donors (Lipinski definition) is 1. The van der Waals surface area contributed by atoms with Crippen molar-refractivity contribution >= 4 is 5.91 Å². The predicted molar refractivity (Wildman–Crippen MR) is 90.4 cm³/mol. The van der Waals surface area contributed by atoms with Gasteiger partial charge in [0.1, 0.15) is 5.56 Å². The van der Waals surface area contributed by atoms with Gasteiger partial charge in [0.2, 0.25) is 5.89 Å². The molecule has 0 bridgehead atoms. The number of aromatic amines is 1. The van der Waals surface area contributed by atoms with E-state index in [0.717, 1.165) is 49.8 Å². The minimum Gasteiger partial charge on any atom is -0.339 e. The van der Waals surface area contributed by atoms with E-state index in [1.165, 1.54) is 0 Å². The van der Waals surface area contributed by atoms with E-state index < -0.39 is 0 Å². The van der Waals surface area contributed by atoms with E-state index >= 15 is 0 Å². The minimum atomic E-state index is -0.293. The van der Waals surface area contributed by atoms with Gasteiger partial charge < -0.3 is 14.4 Å². The maximum atomic E-state index is 13.0. The Labute approximate surface area is 145 Å². The van der Waals surface area contributed by atoms with Crippen molar-refractivity contribution in [3.63, 3.8) is 0 Å². The second kappa shape index (κ2) is 6.46. The molecule has 0 aromatic carbocycles. The van der Waals surface area contributed by atoms with Crippen molar-refractivity contribution in [2.75, 3.05) is 6.54 Å². The Hall–Kier alpha value is -2.44. The van der Waals surface area contributed by atoms with Gasteiger partial charge in [-0.25, -0.2) is 0 Å². The number of amides is 1. The number of carbonyl (C=O) groups excluding carboxylic acids is 1. The zero-order valence-electron chi connectivity index (χ0n) is 14.4. The molecule has 1 amide bonds. The van der Waals surface area contributed by atoms with Crippen molar-refractivity contribution in [3.8, 4) is 0 Å². The van der Waals surface area contributed by atoms with E-state index in [0.29, 0.717) is 24.7 Å². The number of nitrogens with one attached hydrogen (secondary N) is 1. The summed E-state index contributed by atoms with van der Waals surface area (Å²) in [6, 6.07) is 1.57. The van der Waals surface area contributed by atoms with E-state index in [9.17, 15) is 9.59 Å². The largest absolute Gasteiger partial charge is 0.339 e. The summed E-state index contributed by atoms with van der Waals surface area (Å²) in [5, 5.41) is 4.02. The standard InChI is InChI=1S/C18H22N4O3/c1-2-15-20-16(21-25-15)14-8-5-9-22(14)18(24)12-10-11-6-3-4-7-13(11)19-17(12)23/h10,14H,2-9H2,1H3,(H,19,23)/t14-/m1/s1. The van der Waals surface area contributed by atoms with Crippen LogP contribution in [0.2, 0.25) is 0 Å². The van der Waals surface area contributed by atoms with Crippen molar-refractivity contribution in [1.82, 2.24) is 20.0 Å². The second-order valence-electron chi connectivity index (χ2n) is 6.78. The first-order valence-electron chi connectivity index (χ1n) is 9.06. The van der Waals surface area contributed by atoms with Crippen LogP contribution in [-0.2, 0) is 19.3 Å². The van der Waals surface area contributed by atoms with Gasteiger partial charge in [-0.2, -0.15) is 4.98 Å². The van der Waals surface area contributed by atoms with E-state index in [1.807, 2.05) is 6.92 Å². The molecule has 132 valence electrons. The summed E-state index contributed by atoms with van der Waals surface area (Å²) < 4.78 is 5.19. The topological polar surface area (TPSA) is 92.1 Å². The third kappa shape index (κ3) is 2.88. The van der Waals surface area contributed by atoms with Gasteiger partial charge in [0.15, 0.2) is 5.82 Å². The Bertz CT molecular complexity index is 854. The summed E-state index contributed by atoms with van der Waals surface area (Å²) in [7, 11) is 0. The van der Waals surface area contributed by atoms with E-state index in [2.05, 4.69) is 15.1 Å². The molecular weight excluding hydrogens is 320 g/mol. The maximum Gasteiger partial charge on any atom is 0.261 e. The molecule has 2 aromatic rings. The molecule has 1 N–H and O–H groups in total. The first-order chi connectivity index (χ1) is 12.2. The summed E-state index contributed by atoms with van der Waals surface area (Å²) in [4.78, 5) is 34.5. The highest BCUT2D eigenvalue weighted by Crippen LogP contribution is 2.31. The summed E-state index contributed by atoms with van der Waals surface area (Å²) in [5.74, 6) is 0.873. The Morgan fingerprint density at radius 3 is 3.00 bits per heavy atom. The predicted octanol–water partition coefficient (Wildman–Crippen LogP) is 2.18. The Morgan fingerprint density at radius 1 is 1.36 bits per heavy atom. The quantitative estimate of drug-likeness (QED) is 0.923. The average Bonchev–Trinajstić information content (AvgIpc) is 3.29. The fraction of sp³-hybridized carbons (Fsp3) is 0.556. The molecule has 2 aliphatic rings. The monoisotopic (exact) mass is 342 g/mol. The van der Waals surface area contributed by atoms with Crippen LogP contribution >= 0.6 is 0 Å². The highest BCUT2D eigenvalue weighted by Gasteiger charge is 2.35. The van der Waals surface area contributed by atoms with Crippen LogP contribution in [0.3, 0.4) is 0 Å². The number of pyridine rings is 1. The summed E-state index contributed by atoms with van der Waals surface area (Å²) >= 11 is 0. The lowest BCUT2D eigenvalue weighted by molar-refractivity contribution is 0.0726. The molecule has 0 unspecified atom stereocenters. The minimum absolute atomic E-state index is 0.216. The highest BCUT2D eigenvalue weighted by atomic mass is 16.5. The van der Waals surface area contributed by atoms with Crippen LogP contribution in [0.25, 0.3) is 0 Å². The van der Waals surface area contributed by atoms with Gasteiger partial charge in [-0.3, -0.25) is 9.59 Å². The molecule has 1 aliphatic heterocycles. The number of aromatic nitrogens is 3. The fourth-order valence-corrected chi connectivity index (χ4v) is 3.81. The van der Waals surface area contributed by atoms with Gasteiger partial charge in [-0.05, 0) is 50.2 Å². The third-order valence-corrected chi connectivity index (χ3v) is 5.17. The molecule has 2 aromatic heterocycles. The molecule has 25 heavy (non-hydrogen) atoms. The number of aryl methyl sites for hydroxylation is 3. The maximum absolute atomic E-state index is 13.0. The molecule has 7 heteroatoms. The molecule has 0 spiro atoms. The van der Waals surface area contributed by atoms with Crippen LogP contribution in [0.5, 0.6) is 0 Å². The van der Waals surface area contributed by atoms with Crippen molar-refractivity contribution < 1.29 is 9.32 Å². The van der Waals surface area contributed by atoms with Gasteiger partial charge in [-0.1, -0.05) is 12.1 Å². The Kier molecular flexibility index (Phi) is 4.15. The number of H-pyrrole nitrogens is 1. The molecule has 1 fully saturated rings. The Balaban J connectivity index is 1.64. The summed E-state index contributed by atoms with van der Waals surface area (Å²) in [6.45, 7) is 2.55. The van der Waals surface area contributed by atoms with E-state index in [-0.39, 0.29) is 23.1 Å². The number of rotatable bonds is 3. The molecule has 7 nitrogen and oxygen atoms in total. The first-order valence-corrected chi connectivity index (χ1v) is 9.06. The fourth-order valence-electron chi connectivity index (χ4n) is 3.81. The lowest BCUT2D eigenvalue weighted by Gasteiger charge is -2.23. The SMILES string of the molecule is CCc1nc([C@H]2CCCN2C(=O)c2cc3c([nH]c2=O)CCCC3)no1. The van der Waals surface area contributed by atoms with Crippen molar-refractivity contribution in [3.05, 3.63) is 45.0 Å². The van der Waals surface area contributed by atoms with Gasteiger partial charge in [0.25, 0.3) is 11.5 Å². The molecular formula is C18H22N4O3. The van der Waals surface area contributed by atoms with Crippen LogP contribution < -0.4 is 5.56 Å². The number of hydrogen-bond acceptors (Lipinski definition) is 5. The van der Waals surface area contributed by atoms with Gasteiger partial charge in [0, 0.05) is 18.7 Å². The first kappa shape index (κ1) is 16.1. The summed E-state index contributed by atoms with van der Waals surface area (Å²) in [5.41, 5.74) is 2.01. The normalized spacial score (nSPS) is 19.9. The lowest BCUT2D eigenvalue weighted by Crippen LogP contribution is -2.35. The number of likely N-dealkylation sites (tertiary alicyclic amines) is 1. The number of fused-ring (bicyclic) bond motifs is 1. The van der Waals surface area contributed by atoms with Gasteiger partial charge in [-0.15, -0.1) is 0 Å².